The highest BCUT2D eigenvalue weighted by atomic mass is 16.4. The van der Waals surface area contributed by atoms with Crippen LogP contribution < -0.4 is 0 Å². The van der Waals surface area contributed by atoms with Crippen LogP contribution in [-0.2, 0) is 4.79 Å². The number of carbonyl (C=O) groups is 1. The molecule has 0 radical (unpaired) electrons. The lowest BCUT2D eigenvalue weighted by Crippen LogP contribution is -2.64. The van der Waals surface area contributed by atoms with Crippen LogP contribution in [0.25, 0.3) is 0 Å². The van der Waals surface area contributed by atoms with Crippen molar-refractivity contribution in [1.82, 2.24) is 0 Å². The van der Waals surface area contributed by atoms with Gasteiger partial charge in [-0.3, -0.25) is 4.79 Å². The first-order valence-electron chi connectivity index (χ1n) is 13.8. The van der Waals surface area contributed by atoms with Crippen molar-refractivity contribution in [2.75, 3.05) is 6.61 Å². The molecule has 5 nitrogen and oxygen atoms in total. The van der Waals surface area contributed by atoms with Gasteiger partial charge in [-0.05, 0) is 97.4 Å². The lowest BCUT2D eigenvalue weighted by atomic mass is 9.35. The monoisotopic (exact) mass is 486 g/mol. The van der Waals surface area contributed by atoms with Crippen molar-refractivity contribution in [2.45, 2.75) is 105 Å². The van der Waals surface area contributed by atoms with Gasteiger partial charge in [-0.2, -0.15) is 0 Å². The predicted molar refractivity (Wildman–Crippen MR) is 135 cm³/mol. The maximum absolute atomic E-state index is 12.3. The smallest absolute Gasteiger partial charge is 0.312 e. The maximum Gasteiger partial charge on any atom is 0.312 e. The van der Waals surface area contributed by atoms with Crippen LogP contribution in [0.3, 0.4) is 0 Å². The highest BCUT2D eigenvalue weighted by Gasteiger charge is 2.67. The lowest BCUT2D eigenvalue weighted by molar-refractivity contribution is -0.198. The molecule has 5 rings (SSSR count). The molecule has 3 saturated carbocycles. The minimum Gasteiger partial charge on any atom is -0.481 e. The highest BCUT2D eigenvalue weighted by molar-refractivity contribution is 5.76. The third-order valence-corrected chi connectivity index (χ3v) is 13.0. The molecule has 0 spiro atoms. The van der Waals surface area contributed by atoms with Crippen LogP contribution >= 0.6 is 0 Å². The fourth-order valence-corrected chi connectivity index (χ4v) is 9.99. The van der Waals surface area contributed by atoms with Crippen LogP contribution in [0.2, 0.25) is 0 Å². The second-order valence-electron chi connectivity index (χ2n) is 14.5. The van der Waals surface area contributed by atoms with Crippen LogP contribution in [0.4, 0.5) is 0 Å². The van der Waals surface area contributed by atoms with Gasteiger partial charge in [0.15, 0.2) is 0 Å². The zero-order chi connectivity index (χ0) is 25.8. The van der Waals surface area contributed by atoms with Gasteiger partial charge < -0.3 is 20.4 Å². The second kappa shape index (κ2) is 7.45. The van der Waals surface area contributed by atoms with E-state index in [-0.39, 0.29) is 34.2 Å². The summed E-state index contributed by atoms with van der Waals surface area (Å²) in [5.74, 6) is -0.308. The standard InChI is InChI=1S/C30H46O5/c1-25-13-14-29(5)18(19(25)15-27(3,24(34)35)23(33)16-25)7-8-21-26(2)11-10-22(32)28(4,17-31)20(26)9-12-30(21,29)6/h7-8,20-23,31-33H,9-17H2,1-6H3,(H,34,35)/t20-,21+,22-,23+,25-,26-,27-,28+,29+,30+/m0/s1. The molecule has 5 aliphatic rings. The summed E-state index contributed by atoms with van der Waals surface area (Å²) in [4.78, 5) is 12.3. The molecule has 0 aromatic rings. The third-order valence-electron chi connectivity index (χ3n) is 13.0. The van der Waals surface area contributed by atoms with Crippen molar-refractivity contribution < 1.29 is 25.2 Å². The van der Waals surface area contributed by atoms with Gasteiger partial charge in [-0.1, -0.05) is 52.3 Å². The number of carboxylic acids is 1. The van der Waals surface area contributed by atoms with Gasteiger partial charge in [0.1, 0.15) is 0 Å². The molecule has 10 atom stereocenters. The lowest BCUT2D eigenvalue weighted by Gasteiger charge is -2.69. The molecule has 5 aliphatic carbocycles. The largest absolute Gasteiger partial charge is 0.481 e. The molecule has 4 N–H and O–H groups in total. The molecule has 0 amide bonds. The molecule has 0 aromatic carbocycles. The summed E-state index contributed by atoms with van der Waals surface area (Å²) in [7, 11) is 0. The van der Waals surface area contributed by atoms with Crippen molar-refractivity contribution in [3.05, 3.63) is 23.3 Å². The Morgan fingerprint density at radius 2 is 1.66 bits per heavy atom. The van der Waals surface area contributed by atoms with E-state index in [0.29, 0.717) is 18.8 Å². The number of allylic oxidation sites excluding steroid dienone is 4. The van der Waals surface area contributed by atoms with E-state index < -0.39 is 29.0 Å². The van der Waals surface area contributed by atoms with Crippen LogP contribution in [0.15, 0.2) is 23.3 Å². The molecule has 3 fully saturated rings. The first-order valence-corrected chi connectivity index (χ1v) is 13.8. The number of rotatable bonds is 2. The number of carboxylic acid groups (broad SMARTS) is 1. The Bertz CT molecular complexity index is 1000. The maximum atomic E-state index is 12.3. The summed E-state index contributed by atoms with van der Waals surface area (Å²) in [6.45, 7) is 13.3. The molecule has 0 aromatic heterocycles. The quantitative estimate of drug-likeness (QED) is 0.435. The van der Waals surface area contributed by atoms with E-state index >= 15 is 0 Å². The van der Waals surface area contributed by atoms with Gasteiger partial charge in [0.2, 0.25) is 0 Å². The fourth-order valence-electron chi connectivity index (χ4n) is 9.99. The summed E-state index contributed by atoms with van der Waals surface area (Å²) in [5, 5.41) is 42.2. The number of hydrogen-bond donors (Lipinski definition) is 4. The van der Waals surface area contributed by atoms with E-state index in [1.165, 1.54) is 11.1 Å². The van der Waals surface area contributed by atoms with Crippen molar-refractivity contribution in [3.63, 3.8) is 0 Å². The van der Waals surface area contributed by atoms with Crippen LogP contribution in [0, 0.1) is 44.3 Å². The van der Waals surface area contributed by atoms with E-state index in [1.54, 1.807) is 6.92 Å². The SMILES string of the molecule is C[C@@]12CC[C@]3(C)C(=C1C[C@](C)(C(=O)O)[C@H](O)C2)C=C[C@@H]1[C@@]2(C)CC[C@H](O)[C@](C)(CO)[C@H]2CC[C@]13C. The first-order chi connectivity index (χ1) is 16.1. The van der Waals surface area contributed by atoms with E-state index in [4.69, 9.17) is 0 Å². The molecule has 5 heteroatoms. The van der Waals surface area contributed by atoms with Crippen molar-refractivity contribution in [2.24, 2.45) is 44.3 Å². The Morgan fingerprint density at radius 3 is 2.29 bits per heavy atom. The number of aliphatic hydroxyl groups is 3. The van der Waals surface area contributed by atoms with Crippen molar-refractivity contribution in [3.8, 4) is 0 Å². The van der Waals surface area contributed by atoms with Gasteiger partial charge in [0, 0.05) is 5.41 Å². The molecule has 35 heavy (non-hydrogen) atoms. The Hall–Kier alpha value is -1.17. The number of hydrogen-bond acceptors (Lipinski definition) is 4. The minimum atomic E-state index is -1.15. The average molecular weight is 487 g/mol. The average Bonchev–Trinajstić information content (AvgIpc) is 2.79. The highest BCUT2D eigenvalue weighted by Crippen LogP contribution is 2.74. The summed E-state index contributed by atoms with van der Waals surface area (Å²) in [6.07, 6.45) is 10.1. The van der Waals surface area contributed by atoms with Gasteiger partial charge in [-0.15, -0.1) is 0 Å². The van der Waals surface area contributed by atoms with Gasteiger partial charge >= 0.3 is 5.97 Å². The Balaban J connectivity index is 1.65. The number of fused-ring (bicyclic) bond motifs is 6. The predicted octanol–water partition coefficient (Wildman–Crippen LogP) is 5.10. The Morgan fingerprint density at radius 1 is 0.971 bits per heavy atom. The summed E-state index contributed by atoms with van der Waals surface area (Å²) >= 11 is 0. The Kier molecular flexibility index (Phi) is 5.42. The third kappa shape index (κ3) is 2.95. The molecule has 0 bridgehead atoms. The van der Waals surface area contributed by atoms with E-state index in [2.05, 4.69) is 46.8 Å². The topological polar surface area (TPSA) is 98.0 Å². The summed E-state index contributed by atoms with van der Waals surface area (Å²) < 4.78 is 0. The van der Waals surface area contributed by atoms with E-state index in [0.717, 1.165) is 38.5 Å². The molecule has 0 aliphatic heterocycles. The summed E-state index contributed by atoms with van der Waals surface area (Å²) in [6, 6.07) is 0. The summed E-state index contributed by atoms with van der Waals surface area (Å²) in [5.41, 5.74) is 0.734. The molecular formula is C30H46O5. The Labute approximate surface area is 210 Å². The second-order valence-corrected chi connectivity index (χ2v) is 14.5. The van der Waals surface area contributed by atoms with Crippen molar-refractivity contribution >= 4 is 5.97 Å². The van der Waals surface area contributed by atoms with E-state index in [9.17, 15) is 25.2 Å². The molecule has 0 unspecified atom stereocenters. The van der Waals surface area contributed by atoms with Gasteiger partial charge in [0.05, 0.1) is 24.2 Å². The van der Waals surface area contributed by atoms with Gasteiger partial charge in [0.25, 0.3) is 0 Å². The van der Waals surface area contributed by atoms with E-state index in [1.807, 2.05) is 0 Å². The number of aliphatic hydroxyl groups excluding tert-OH is 3. The first kappa shape index (κ1) is 25.5. The van der Waals surface area contributed by atoms with Crippen LogP contribution in [-0.4, -0.2) is 45.2 Å². The molecule has 196 valence electrons. The zero-order valence-electron chi connectivity index (χ0n) is 22.5. The zero-order valence-corrected chi connectivity index (χ0v) is 22.5. The van der Waals surface area contributed by atoms with Crippen LogP contribution in [0.1, 0.15) is 92.9 Å². The molecular weight excluding hydrogens is 440 g/mol. The van der Waals surface area contributed by atoms with Crippen LogP contribution in [0.5, 0.6) is 0 Å². The molecule has 0 saturated heterocycles. The fraction of sp³-hybridized carbons (Fsp3) is 0.833. The minimum absolute atomic E-state index is 0.00148. The number of aliphatic carboxylic acids is 1. The normalized spacial score (nSPS) is 55.5. The van der Waals surface area contributed by atoms with Gasteiger partial charge in [-0.25, -0.2) is 0 Å². The van der Waals surface area contributed by atoms with Crippen molar-refractivity contribution in [1.29, 1.82) is 0 Å². The molecule has 0 heterocycles.